The van der Waals surface area contributed by atoms with Gasteiger partial charge >= 0.3 is 29.0 Å². The van der Waals surface area contributed by atoms with Gasteiger partial charge in [-0.05, 0) is 12.8 Å². The number of aromatic nitrogens is 10. The number of fused-ring (bicyclic) bond motifs is 3. The highest BCUT2D eigenvalue weighted by atomic mass is 32.5. The number of hydrogen-bond donors (Lipinski definition) is 11. The number of allylic oxidation sites excluding steroid dienone is 1. The number of H-pyrrole nitrogens is 2. The molecule has 0 aromatic carbocycles. The fourth-order valence-electron chi connectivity index (χ4n) is 9.38. The second kappa shape index (κ2) is 23.7. The van der Waals surface area contributed by atoms with Crippen LogP contribution in [0.3, 0.4) is 0 Å². The molecule has 14 N–H and O–H groups in total. The van der Waals surface area contributed by atoms with Gasteiger partial charge in [-0.15, -0.1) is 0 Å². The molecular weight excluding hydrogens is 1200 g/mol. The number of ether oxygens (including phenoxy) is 4. The van der Waals surface area contributed by atoms with Crippen LogP contribution in [0.2, 0.25) is 0 Å². The Hall–Kier alpha value is -5.15. The van der Waals surface area contributed by atoms with E-state index in [1.807, 2.05) is 0 Å². The number of amides is 1. The summed E-state index contributed by atoms with van der Waals surface area (Å²) in [7, 11) is -12.6. The molecule has 0 saturated carbocycles. The van der Waals surface area contributed by atoms with E-state index in [9.17, 15) is 63.0 Å². The number of aliphatic hydroxyl groups is 3. The topological polar surface area (TPSA) is 535 Å². The van der Waals surface area contributed by atoms with E-state index in [0.717, 1.165) is 18.0 Å². The number of aliphatic imine (C=N–C) groups is 1. The van der Waals surface area contributed by atoms with Gasteiger partial charge in [-0.2, -0.15) is 23.2 Å². The molecule has 0 bridgehead atoms. The van der Waals surface area contributed by atoms with Crippen LogP contribution in [-0.4, -0.2) is 180 Å². The Balaban J connectivity index is 0.890. The van der Waals surface area contributed by atoms with Crippen LogP contribution in [0.4, 0.5) is 17.7 Å². The summed E-state index contributed by atoms with van der Waals surface area (Å²) in [5, 5.41) is 33.5. The lowest BCUT2D eigenvalue weighted by Crippen LogP contribution is -2.39. The second-order valence-corrected chi connectivity index (χ2v) is 26.2. The summed E-state index contributed by atoms with van der Waals surface area (Å²) in [5.41, 5.74) is 16.4. The van der Waals surface area contributed by atoms with E-state index >= 15 is 0 Å². The summed E-state index contributed by atoms with van der Waals surface area (Å²) in [6, 6.07) is 0. The third-order valence-corrected chi connectivity index (χ3v) is 19.0. The van der Waals surface area contributed by atoms with Gasteiger partial charge in [-0.3, -0.25) is 42.5 Å². The van der Waals surface area contributed by atoms with Gasteiger partial charge in [0.05, 0.1) is 51.3 Å². The number of nitrogens with zero attached hydrogens (tertiary/aromatic N) is 10. The molecule has 5 aromatic rings. The van der Waals surface area contributed by atoms with Gasteiger partial charge in [0.2, 0.25) is 30.4 Å². The first-order chi connectivity index (χ1) is 38.5. The fourth-order valence-corrected chi connectivity index (χ4v) is 14.3. The van der Waals surface area contributed by atoms with E-state index in [1.165, 1.54) is 52.4 Å². The standard InChI is InChI=1S/C39H55N15O23P4S/c1-50(2)21(55)9-16-18(72-35(25(16)56)54-15-51(3)24-32(54)47-39(42)49-34(24)60)10-69-78(61,62)76-80(65,66)77-79(63,64)70-12-20-28(29(68-4)37(74-20)52-13-44-22-17(40)7-5-6-8-43-30(22)52)75-81(67,82)71-11-19-26(57)27(58)36(73-19)53-14-45-23-31(53)46-38(41)48-33(23)59/h7-8,13-16,18-20,25-29,35-37,56-58H,5-6,9-12,40H2,1-4H3,(H9-,41,42,46,47,48,49,59,60,61,62,63,64,65,66,67,82)/b17-7+,43-8-/t16?,18-,19-,20-,25-,26-,27-,28-,29-,35-,36-,37-,81?/m1/s1. The number of aromatic amines is 2. The first-order valence-electron chi connectivity index (χ1n) is 24.1. The Bertz CT molecular complexity index is 3630. The number of imidazole rings is 3. The van der Waals surface area contributed by atoms with Crippen molar-refractivity contribution in [3.63, 3.8) is 0 Å². The average molecular weight is 1260 g/mol. The molecule has 3 fully saturated rings. The molecule has 3 saturated heterocycles. The lowest BCUT2D eigenvalue weighted by molar-refractivity contribution is -0.646. The van der Waals surface area contributed by atoms with Crippen LogP contribution in [0.1, 0.15) is 43.6 Å². The summed E-state index contributed by atoms with van der Waals surface area (Å²) in [5.74, 6) is -2.24. The number of carbonyl (C=O) groups excluding carboxylic acids is 1. The van der Waals surface area contributed by atoms with Crippen LogP contribution in [0.25, 0.3) is 28.0 Å². The third kappa shape index (κ3) is 12.9. The quantitative estimate of drug-likeness (QED) is 0.0254. The maximum atomic E-state index is 14.1. The number of anilines is 2. The normalized spacial score (nSPS) is 30.6. The molecule has 0 aliphatic carbocycles. The molecule has 9 heterocycles. The minimum absolute atomic E-state index is 0.000603. The number of methoxy groups -OCH3 is 1. The van der Waals surface area contributed by atoms with E-state index in [4.69, 9.17) is 66.1 Å². The number of carbonyl (C=O) groups is 1. The molecule has 38 nitrogen and oxygen atoms in total. The van der Waals surface area contributed by atoms with Crippen LogP contribution in [0, 0.1) is 5.92 Å². The number of nitrogens with one attached hydrogen (secondary N) is 2. The van der Waals surface area contributed by atoms with E-state index in [1.54, 1.807) is 12.3 Å². The van der Waals surface area contributed by atoms with Crippen LogP contribution in [0.15, 0.2) is 39.6 Å². The second-order valence-electron chi connectivity index (χ2n) is 18.9. The van der Waals surface area contributed by atoms with Crippen molar-refractivity contribution >= 4 is 99.9 Å². The van der Waals surface area contributed by atoms with Gasteiger partial charge in [-0.25, -0.2) is 33.2 Å². The Labute approximate surface area is 465 Å². The highest BCUT2D eigenvalue weighted by Crippen LogP contribution is 2.68. The highest BCUT2D eigenvalue weighted by molar-refractivity contribution is 8.06. The largest absolute Gasteiger partial charge is 0.780 e. The molecule has 9 rings (SSSR count). The summed E-state index contributed by atoms with van der Waals surface area (Å²) in [4.78, 5) is 111. The molecule has 43 heteroatoms. The zero-order valence-corrected chi connectivity index (χ0v) is 47.5. The third-order valence-electron chi connectivity index (χ3n) is 13.2. The van der Waals surface area contributed by atoms with Crippen molar-refractivity contribution in [2.24, 2.45) is 23.7 Å². The minimum Gasteiger partial charge on any atom is -0.780 e. The minimum atomic E-state index is -6.22. The molecule has 4 aliphatic rings. The van der Waals surface area contributed by atoms with Crippen LogP contribution < -0.4 is 37.8 Å². The van der Waals surface area contributed by atoms with E-state index in [-0.39, 0.29) is 51.4 Å². The lowest BCUT2D eigenvalue weighted by Gasteiger charge is -2.34. The molecule has 16 atom stereocenters. The SMILES string of the molecule is CO[C@@H]1[C@H](OP([O-])(=S)OC[C@H]2O[C@@H](n3cnc4c(=O)[nH]c(N)nc43)[C@H](O)[C@@H]2O)[C@@H](COP(=O)(O)OP(=O)(O)OP(=O)(O)OC[C@H]2O[C@@H](n3c[n+](C)c4c(=O)[nH]c(N)nc43)[C@H](O)C2CC(=O)N(C)C)O[C@H]1n1cnc2c1/N=C\CC/C=C\2N. The van der Waals surface area contributed by atoms with Crippen molar-refractivity contribution in [3.8, 4) is 0 Å². The Kier molecular flexibility index (Phi) is 17.8. The van der Waals surface area contributed by atoms with Gasteiger partial charge in [-0.1, -0.05) is 17.9 Å². The number of aliphatic hydroxyl groups excluding tert-OH is 3. The van der Waals surface area contributed by atoms with Gasteiger partial charge in [0.1, 0.15) is 55.1 Å². The van der Waals surface area contributed by atoms with E-state index < -0.39 is 147 Å². The molecule has 450 valence electrons. The molecular formula is C39H55N15O23P4S. The number of phosphoric ester groups is 2. The van der Waals surface area contributed by atoms with Crippen molar-refractivity contribution < 1.29 is 104 Å². The van der Waals surface area contributed by atoms with Crippen molar-refractivity contribution in [1.82, 2.24) is 48.5 Å². The summed E-state index contributed by atoms with van der Waals surface area (Å²) < 4.78 is 98.6. The number of aryl methyl sites for hydroxylation is 1. The van der Waals surface area contributed by atoms with Gasteiger partial charge in [0.15, 0.2) is 29.4 Å². The Morgan fingerprint density at radius 3 is 2.07 bits per heavy atom. The number of nitrogens with two attached hydrogens (primary N) is 3. The number of phosphoric acid groups is 3. The number of rotatable bonds is 21. The van der Waals surface area contributed by atoms with E-state index in [2.05, 4.69) is 43.5 Å². The van der Waals surface area contributed by atoms with Crippen LogP contribution in [0.5, 0.6) is 0 Å². The molecule has 5 aromatic heterocycles. The molecule has 0 radical (unpaired) electrons. The monoisotopic (exact) mass is 1260 g/mol. The maximum Gasteiger partial charge on any atom is 0.490 e. The Morgan fingerprint density at radius 2 is 1.40 bits per heavy atom. The smallest absolute Gasteiger partial charge is 0.490 e. The maximum absolute atomic E-state index is 14.1. The highest BCUT2D eigenvalue weighted by Gasteiger charge is 2.53. The predicted octanol–water partition coefficient (Wildman–Crippen LogP) is -3.22. The van der Waals surface area contributed by atoms with Crippen molar-refractivity contribution in [2.75, 3.05) is 52.5 Å². The zero-order chi connectivity index (χ0) is 59.5. The molecule has 4 aliphatic heterocycles. The Morgan fingerprint density at radius 1 is 0.805 bits per heavy atom. The predicted molar refractivity (Wildman–Crippen MR) is 276 cm³/mol. The molecule has 0 spiro atoms. The van der Waals surface area contributed by atoms with Gasteiger partial charge in [0, 0.05) is 39.8 Å². The summed E-state index contributed by atoms with van der Waals surface area (Å²) >= 11 is 5.23. The van der Waals surface area contributed by atoms with Crippen molar-refractivity contribution in [2.45, 2.75) is 86.8 Å². The lowest BCUT2D eigenvalue weighted by atomic mass is 9.94. The first kappa shape index (κ1) is 61.4. The van der Waals surface area contributed by atoms with Crippen molar-refractivity contribution in [1.29, 1.82) is 0 Å². The zero-order valence-electron chi connectivity index (χ0n) is 43.1. The fraction of sp³-hybridized carbons (Fsp3) is 0.564. The molecule has 1 amide bonds. The van der Waals surface area contributed by atoms with Crippen LogP contribution in [-0.2, 0) is 83.0 Å². The van der Waals surface area contributed by atoms with E-state index in [0.29, 0.717) is 12.8 Å². The van der Waals surface area contributed by atoms with Gasteiger partial charge in [0.25, 0.3) is 16.7 Å². The molecule has 5 unspecified atom stereocenters. The van der Waals surface area contributed by atoms with Gasteiger partial charge < -0.3 is 85.0 Å². The number of nitrogen functional groups attached to an aromatic ring is 2. The summed E-state index contributed by atoms with van der Waals surface area (Å²) in [6.45, 7) is -7.96. The number of hydrogen-bond acceptors (Lipinski definition) is 29. The van der Waals surface area contributed by atoms with Crippen molar-refractivity contribution in [3.05, 3.63) is 51.5 Å². The average Bonchev–Trinajstić information content (AvgIpc) is 2.65. The summed E-state index contributed by atoms with van der Waals surface area (Å²) in [6.07, 6.45) is -9.84. The molecule has 82 heavy (non-hydrogen) atoms. The van der Waals surface area contributed by atoms with Crippen LogP contribution >= 0.6 is 30.2 Å². The first-order valence-corrected chi connectivity index (χ1v) is 31.1.